The first-order valence-corrected chi connectivity index (χ1v) is 16.4. The predicted molar refractivity (Wildman–Crippen MR) is 158 cm³/mol. The largest absolute Gasteiger partial charge is 1.00 e. The molecule has 2 heteroatoms. The SMILES string of the molecule is CCCCCCCCCCCCCCCCCCCCC[N+](C)(C)CCCCCCCCCC.[Cl-]. The Balaban J connectivity index is 0. The number of quaternary nitrogens is 1. The minimum atomic E-state index is 0. The van der Waals surface area contributed by atoms with Crippen LogP contribution < -0.4 is 12.4 Å². The highest BCUT2D eigenvalue weighted by atomic mass is 35.5. The minimum absolute atomic E-state index is 0. The van der Waals surface area contributed by atoms with Crippen molar-refractivity contribution in [2.75, 3.05) is 27.2 Å². The van der Waals surface area contributed by atoms with Crippen molar-refractivity contribution in [1.29, 1.82) is 0 Å². The highest BCUT2D eigenvalue weighted by Crippen LogP contribution is 2.15. The van der Waals surface area contributed by atoms with Crippen LogP contribution in [0.25, 0.3) is 0 Å². The molecule has 0 aromatic rings. The van der Waals surface area contributed by atoms with Gasteiger partial charge in [0.25, 0.3) is 0 Å². The van der Waals surface area contributed by atoms with Crippen LogP contribution in [0.5, 0.6) is 0 Å². The Labute approximate surface area is 231 Å². The van der Waals surface area contributed by atoms with Crippen molar-refractivity contribution in [3.63, 3.8) is 0 Å². The van der Waals surface area contributed by atoms with E-state index in [1.165, 1.54) is 191 Å². The van der Waals surface area contributed by atoms with Crippen molar-refractivity contribution in [2.24, 2.45) is 0 Å². The van der Waals surface area contributed by atoms with Gasteiger partial charge in [0.1, 0.15) is 0 Å². The number of unbranched alkanes of at least 4 members (excludes halogenated alkanes) is 25. The number of rotatable bonds is 29. The molecule has 0 amide bonds. The number of hydrogen-bond acceptors (Lipinski definition) is 0. The first kappa shape index (κ1) is 37.4. The summed E-state index contributed by atoms with van der Waals surface area (Å²) in [4.78, 5) is 0. The molecule has 0 saturated carbocycles. The molecule has 0 unspecified atom stereocenters. The van der Waals surface area contributed by atoms with Crippen LogP contribution in [-0.4, -0.2) is 31.7 Å². The molecule has 0 fully saturated rings. The van der Waals surface area contributed by atoms with Gasteiger partial charge < -0.3 is 16.9 Å². The van der Waals surface area contributed by atoms with E-state index in [1.807, 2.05) is 0 Å². The molecule has 0 N–H and O–H groups in total. The van der Waals surface area contributed by atoms with Crippen LogP contribution in [0.4, 0.5) is 0 Å². The third kappa shape index (κ3) is 32.2. The molecule has 214 valence electrons. The van der Waals surface area contributed by atoms with Crippen molar-refractivity contribution >= 4 is 0 Å². The second kappa shape index (κ2) is 30.5. The average Bonchev–Trinajstić information content (AvgIpc) is 2.82. The van der Waals surface area contributed by atoms with Crippen molar-refractivity contribution in [2.45, 2.75) is 187 Å². The van der Waals surface area contributed by atoms with Gasteiger partial charge in [-0.15, -0.1) is 0 Å². The molecule has 0 atom stereocenters. The maximum absolute atomic E-state index is 2.45. The summed E-state index contributed by atoms with van der Waals surface area (Å²) in [5.74, 6) is 0. The van der Waals surface area contributed by atoms with Crippen molar-refractivity contribution in [3.05, 3.63) is 0 Å². The van der Waals surface area contributed by atoms with E-state index in [2.05, 4.69) is 27.9 Å². The van der Waals surface area contributed by atoms with E-state index in [9.17, 15) is 0 Å². The van der Waals surface area contributed by atoms with E-state index < -0.39 is 0 Å². The Bertz CT molecular complexity index is 368. The van der Waals surface area contributed by atoms with E-state index in [4.69, 9.17) is 0 Å². The van der Waals surface area contributed by atoms with Gasteiger partial charge in [0.05, 0.1) is 27.2 Å². The summed E-state index contributed by atoms with van der Waals surface area (Å²) in [6.45, 7) is 7.38. The van der Waals surface area contributed by atoms with Gasteiger partial charge in [-0.25, -0.2) is 0 Å². The third-order valence-corrected chi connectivity index (χ3v) is 7.98. The van der Waals surface area contributed by atoms with E-state index in [1.54, 1.807) is 0 Å². The lowest BCUT2D eigenvalue weighted by atomic mass is 10.0. The molecule has 0 spiro atoms. The standard InChI is InChI=1S/C33H70N.ClH/c1-5-7-9-11-13-15-16-17-18-19-20-21-22-23-24-25-27-29-31-33-34(3,4)32-30-28-26-14-12-10-8-6-2;/h5-33H2,1-4H3;1H/q+1;/p-1. The number of hydrogen-bond donors (Lipinski definition) is 0. The summed E-state index contributed by atoms with van der Waals surface area (Å²) < 4.78 is 1.24. The molecule has 0 aromatic heterocycles. The fourth-order valence-corrected chi connectivity index (χ4v) is 5.40. The lowest BCUT2D eigenvalue weighted by molar-refractivity contribution is -0.890. The number of nitrogens with zero attached hydrogens (tertiary/aromatic N) is 1. The van der Waals surface area contributed by atoms with Crippen LogP contribution in [0, 0.1) is 0 Å². The third-order valence-electron chi connectivity index (χ3n) is 7.98. The van der Waals surface area contributed by atoms with Gasteiger partial charge in [0, 0.05) is 0 Å². The first-order chi connectivity index (χ1) is 16.6. The Morgan fingerprint density at radius 3 is 0.657 bits per heavy atom. The Morgan fingerprint density at radius 1 is 0.286 bits per heavy atom. The van der Waals surface area contributed by atoms with E-state index >= 15 is 0 Å². The summed E-state index contributed by atoms with van der Waals surface area (Å²) in [6, 6.07) is 0. The van der Waals surface area contributed by atoms with Crippen LogP contribution >= 0.6 is 0 Å². The summed E-state index contributed by atoms with van der Waals surface area (Å²) in [6.07, 6.45) is 39.5. The molecular weight excluding hydrogens is 446 g/mol. The lowest BCUT2D eigenvalue weighted by Gasteiger charge is -2.30. The smallest absolute Gasteiger partial charge is 0.0782 e. The quantitative estimate of drug-likeness (QED) is 0.0690. The maximum Gasteiger partial charge on any atom is 0.0782 e. The van der Waals surface area contributed by atoms with E-state index in [-0.39, 0.29) is 12.4 Å². The highest BCUT2D eigenvalue weighted by molar-refractivity contribution is 4.51. The molecule has 0 aliphatic rings. The van der Waals surface area contributed by atoms with E-state index in [0.717, 1.165) is 0 Å². The molecule has 0 rings (SSSR count). The average molecular weight is 516 g/mol. The summed E-state index contributed by atoms with van der Waals surface area (Å²) in [5.41, 5.74) is 0. The molecule has 0 aliphatic carbocycles. The monoisotopic (exact) mass is 516 g/mol. The van der Waals surface area contributed by atoms with E-state index in [0.29, 0.717) is 0 Å². The topological polar surface area (TPSA) is 0 Å². The molecular formula is C33H70ClN. The van der Waals surface area contributed by atoms with Gasteiger partial charge in [-0.3, -0.25) is 0 Å². The van der Waals surface area contributed by atoms with Gasteiger partial charge in [-0.1, -0.05) is 162 Å². The minimum Gasteiger partial charge on any atom is -1.00 e. The Hall–Kier alpha value is 0.250. The second-order valence-electron chi connectivity index (χ2n) is 12.2. The molecule has 0 aromatic carbocycles. The molecule has 35 heavy (non-hydrogen) atoms. The normalized spacial score (nSPS) is 11.7. The van der Waals surface area contributed by atoms with Crippen molar-refractivity contribution in [1.82, 2.24) is 0 Å². The van der Waals surface area contributed by atoms with Crippen molar-refractivity contribution < 1.29 is 16.9 Å². The molecule has 0 bridgehead atoms. The number of halogens is 1. The van der Waals surface area contributed by atoms with Gasteiger partial charge in [-0.05, 0) is 25.7 Å². The predicted octanol–water partition coefficient (Wildman–Crippen LogP) is 8.64. The van der Waals surface area contributed by atoms with Gasteiger partial charge >= 0.3 is 0 Å². The molecule has 0 radical (unpaired) electrons. The lowest BCUT2D eigenvalue weighted by Crippen LogP contribution is -3.00. The van der Waals surface area contributed by atoms with Crippen LogP contribution in [0.1, 0.15) is 187 Å². The van der Waals surface area contributed by atoms with Gasteiger partial charge in [-0.2, -0.15) is 0 Å². The molecule has 0 aliphatic heterocycles. The fourth-order valence-electron chi connectivity index (χ4n) is 5.40. The molecule has 1 nitrogen and oxygen atoms in total. The summed E-state index contributed by atoms with van der Waals surface area (Å²) in [7, 11) is 4.91. The Morgan fingerprint density at radius 2 is 0.457 bits per heavy atom. The Kier molecular flexibility index (Phi) is 32.6. The zero-order chi connectivity index (χ0) is 25.0. The molecule has 0 saturated heterocycles. The molecule has 0 heterocycles. The van der Waals surface area contributed by atoms with Crippen LogP contribution in [0.2, 0.25) is 0 Å². The van der Waals surface area contributed by atoms with Crippen molar-refractivity contribution in [3.8, 4) is 0 Å². The fraction of sp³-hybridized carbons (Fsp3) is 1.00. The van der Waals surface area contributed by atoms with Crippen LogP contribution in [0.15, 0.2) is 0 Å². The van der Waals surface area contributed by atoms with Crippen LogP contribution in [-0.2, 0) is 0 Å². The first-order valence-electron chi connectivity index (χ1n) is 16.4. The summed E-state index contributed by atoms with van der Waals surface area (Å²) in [5, 5.41) is 0. The maximum atomic E-state index is 2.45. The summed E-state index contributed by atoms with van der Waals surface area (Å²) >= 11 is 0. The zero-order valence-corrected chi connectivity index (χ0v) is 26.1. The van der Waals surface area contributed by atoms with Gasteiger partial charge in [0.2, 0.25) is 0 Å². The second-order valence-corrected chi connectivity index (χ2v) is 12.2. The highest BCUT2D eigenvalue weighted by Gasteiger charge is 2.13. The zero-order valence-electron chi connectivity index (χ0n) is 25.3. The van der Waals surface area contributed by atoms with Gasteiger partial charge in [0.15, 0.2) is 0 Å². The van der Waals surface area contributed by atoms with Crippen LogP contribution in [0.3, 0.4) is 0 Å².